The van der Waals surface area contributed by atoms with Gasteiger partial charge in [0.2, 0.25) is 5.95 Å². The van der Waals surface area contributed by atoms with E-state index >= 15 is 0 Å². The van der Waals surface area contributed by atoms with Gasteiger partial charge in [-0.2, -0.15) is 0 Å². The summed E-state index contributed by atoms with van der Waals surface area (Å²) in [7, 11) is 0. The van der Waals surface area contributed by atoms with Crippen LogP contribution >= 0.6 is 11.8 Å². The molecule has 0 aliphatic carbocycles. The summed E-state index contributed by atoms with van der Waals surface area (Å²) < 4.78 is 10.5. The quantitative estimate of drug-likeness (QED) is 0.477. The predicted molar refractivity (Wildman–Crippen MR) is 127 cm³/mol. The van der Waals surface area contributed by atoms with Crippen LogP contribution < -0.4 is 4.90 Å². The lowest BCUT2D eigenvalue weighted by atomic mass is 10.00. The molecule has 0 N–H and O–H groups in total. The Morgan fingerprint density at radius 2 is 1.94 bits per heavy atom. The van der Waals surface area contributed by atoms with Crippen LogP contribution in [-0.4, -0.2) is 50.1 Å². The van der Waals surface area contributed by atoms with Crippen LogP contribution in [0.2, 0.25) is 0 Å². The molecule has 0 saturated carbocycles. The number of nitrogens with zero attached hydrogens (tertiary/aromatic N) is 6. The van der Waals surface area contributed by atoms with Crippen LogP contribution in [0, 0.1) is 5.92 Å². The lowest BCUT2D eigenvalue weighted by Crippen LogP contribution is -2.35. The van der Waals surface area contributed by atoms with Crippen LogP contribution in [0.3, 0.4) is 0 Å². The van der Waals surface area contributed by atoms with Crippen LogP contribution in [0.15, 0.2) is 47.9 Å². The van der Waals surface area contributed by atoms with Gasteiger partial charge in [0.15, 0.2) is 5.16 Å². The summed E-state index contributed by atoms with van der Waals surface area (Å²) in [4.78, 5) is 7.02. The second-order valence-electron chi connectivity index (χ2n) is 8.94. The lowest BCUT2D eigenvalue weighted by molar-refractivity contribution is 0.0951. The van der Waals surface area contributed by atoms with Crippen molar-refractivity contribution in [2.24, 2.45) is 5.92 Å². The van der Waals surface area contributed by atoms with Crippen molar-refractivity contribution in [3.8, 4) is 0 Å². The molecule has 0 spiro atoms. The van der Waals surface area contributed by atoms with Crippen LogP contribution in [0.25, 0.3) is 0 Å². The molecule has 1 aromatic carbocycles. The van der Waals surface area contributed by atoms with E-state index in [0.717, 1.165) is 74.2 Å². The van der Waals surface area contributed by atoms with E-state index < -0.39 is 0 Å². The van der Waals surface area contributed by atoms with Crippen molar-refractivity contribution in [3.05, 3.63) is 54.1 Å². The van der Waals surface area contributed by atoms with E-state index in [4.69, 9.17) is 4.74 Å². The van der Waals surface area contributed by atoms with E-state index in [9.17, 15) is 0 Å². The Bertz CT molecular complexity index is 989. The zero-order chi connectivity index (χ0) is 21.8. The number of benzene rings is 1. The van der Waals surface area contributed by atoms with Gasteiger partial charge >= 0.3 is 0 Å². The molecule has 2 fully saturated rings. The Morgan fingerprint density at radius 3 is 2.72 bits per heavy atom. The highest BCUT2D eigenvalue weighted by atomic mass is 32.2. The van der Waals surface area contributed by atoms with E-state index in [1.54, 1.807) is 11.8 Å². The molecule has 0 radical (unpaired) electrons. The van der Waals surface area contributed by atoms with Crippen LogP contribution in [0.5, 0.6) is 0 Å². The van der Waals surface area contributed by atoms with Gasteiger partial charge < -0.3 is 14.2 Å². The molecule has 170 valence electrons. The first-order valence-corrected chi connectivity index (χ1v) is 12.7. The third-order valence-electron chi connectivity index (χ3n) is 6.50. The summed E-state index contributed by atoms with van der Waals surface area (Å²) in [6.07, 6.45) is 8.88. The summed E-state index contributed by atoms with van der Waals surface area (Å²) in [5.41, 5.74) is 1.28. The van der Waals surface area contributed by atoms with Gasteiger partial charge in [0.25, 0.3) is 0 Å². The third kappa shape index (κ3) is 5.02. The number of piperidine rings is 1. The highest BCUT2D eigenvalue weighted by molar-refractivity contribution is 7.98. The Morgan fingerprint density at radius 1 is 1.09 bits per heavy atom. The smallest absolute Gasteiger partial charge is 0.228 e. The number of rotatable bonds is 8. The molecule has 2 aromatic heterocycles. The van der Waals surface area contributed by atoms with E-state index in [-0.39, 0.29) is 6.10 Å². The molecule has 1 atom stereocenters. The first-order chi connectivity index (χ1) is 15.8. The van der Waals surface area contributed by atoms with Crippen molar-refractivity contribution in [2.45, 2.75) is 62.7 Å². The van der Waals surface area contributed by atoms with Crippen molar-refractivity contribution < 1.29 is 4.74 Å². The van der Waals surface area contributed by atoms with Gasteiger partial charge in [0.1, 0.15) is 5.82 Å². The van der Waals surface area contributed by atoms with E-state index in [0.29, 0.717) is 0 Å². The standard InChI is InChI=1S/C24H32N6OS/c1-19-9-12-28(13-10-19)23-26-27-24(30(23)17-21-8-5-15-31-21)32-18-22-25-11-14-29(22)16-20-6-3-2-4-7-20/h2-4,6-7,11,14,19,21H,5,8-10,12-13,15-18H2,1H3. The molecule has 4 heterocycles. The first-order valence-electron chi connectivity index (χ1n) is 11.7. The molecule has 1 unspecified atom stereocenters. The predicted octanol–water partition coefficient (Wildman–Crippen LogP) is 4.23. The normalized spacial score (nSPS) is 19.7. The van der Waals surface area contributed by atoms with Gasteiger partial charge in [-0.3, -0.25) is 4.57 Å². The minimum atomic E-state index is 0.257. The molecule has 2 saturated heterocycles. The van der Waals surface area contributed by atoms with Crippen molar-refractivity contribution in [3.63, 3.8) is 0 Å². The number of thioether (sulfide) groups is 1. The monoisotopic (exact) mass is 452 g/mol. The average molecular weight is 453 g/mol. The Balaban J connectivity index is 1.32. The lowest BCUT2D eigenvalue weighted by Gasteiger charge is -2.31. The van der Waals surface area contributed by atoms with Gasteiger partial charge in [-0.25, -0.2) is 4.98 Å². The second-order valence-corrected chi connectivity index (χ2v) is 9.89. The summed E-state index contributed by atoms with van der Waals surface area (Å²) >= 11 is 1.72. The molecule has 0 bridgehead atoms. The molecule has 3 aromatic rings. The number of ether oxygens (including phenoxy) is 1. The van der Waals surface area contributed by atoms with Gasteiger partial charge in [-0.05, 0) is 37.2 Å². The van der Waals surface area contributed by atoms with Gasteiger partial charge in [-0.1, -0.05) is 49.0 Å². The molecule has 7 nitrogen and oxygen atoms in total. The number of anilines is 1. The van der Waals surface area contributed by atoms with Gasteiger partial charge in [0.05, 0.1) is 18.4 Å². The van der Waals surface area contributed by atoms with E-state index in [1.807, 2.05) is 6.20 Å². The minimum Gasteiger partial charge on any atom is -0.376 e. The van der Waals surface area contributed by atoms with Crippen molar-refractivity contribution >= 4 is 17.7 Å². The fourth-order valence-electron chi connectivity index (χ4n) is 4.52. The first kappa shape index (κ1) is 21.5. The summed E-state index contributed by atoms with van der Waals surface area (Å²) in [5.74, 6) is 3.61. The summed E-state index contributed by atoms with van der Waals surface area (Å²) in [6, 6.07) is 10.5. The fourth-order valence-corrected chi connectivity index (χ4v) is 5.42. The molecule has 0 amide bonds. The molecule has 32 heavy (non-hydrogen) atoms. The van der Waals surface area contributed by atoms with E-state index in [1.165, 1.54) is 18.4 Å². The van der Waals surface area contributed by atoms with Crippen LogP contribution in [0.1, 0.15) is 44.0 Å². The molecular weight excluding hydrogens is 420 g/mol. The molecule has 2 aliphatic rings. The highest BCUT2D eigenvalue weighted by Gasteiger charge is 2.26. The van der Waals surface area contributed by atoms with Crippen LogP contribution in [0.4, 0.5) is 5.95 Å². The highest BCUT2D eigenvalue weighted by Crippen LogP contribution is 2.29. The number of aromatic nitrogens is 5. The van der Waals surface area contributed by atoms with Crippen molar-refractivity contribution in [1.29, 1.82) is 0 Å². The third-order valence-corrected chi connectivity index (χ3v) is 7.46. The van der Waals surface area contributed by atoms with E-state index in [2.05, 4.69) is 72.7 Å². The number of imidazole rings is 1. The summed E-state index contributed by atoms with van der Waals surface area (Å²) in [6.45, 7) is 6.97. The zero-order valence-electron chi connectivity index (χ0n) is 18.8. The second kappa shape index (κ2) is 10.1. The largest absolute Gasteiger partial charge is 0.376 e. The molecular formula is C24H32N6OS. The molecule has 5 rings (SSSR count). The Kier molecular flexibility index (Phi) is 6.78. The maximum atomic E-state index is 5.96. The van der Waals surface area contributed by atoms with Crippen LogP contribution in [-0.2, 0) is 23.6 Å². The fraction of sp³-hybridized carbons (Fsp3) is 0.542. The Labute approximate surface area is 194 Å². The average Bonchev–Trinajstić information content (AvgIpc) is 3.57. The zero-order valence-corrected chi connectivity index (χ0v) is 19.6. The molecule has 8 heteroatoms. The summed E-state index contributed by atoms with van der Waals surface area (Å²) in [5, 5.41) is 10.2. The maximum Gasteiger partial charge on any atom is 0.228 e. The van der Waals surface area contributed by atoms with Crippen molar-refractivity contribution in [2.75, 3.05) is 24.6 Å². The number of hydrogen-bond acceptors (Lipinski definition) is 6. The van der Waals surface area contributed by atoms with Gasteiger partial charge in [-0.15, -0.1) is 10.2 Å². The number of hydrogen-bond donors (Lipinski definition) is 0. The topological polar surface area (TPSA) is 61.0 Å². The van der Waals surface area contributed by atoms with Crippen molar-refractivity contribution in [1.82, 2.24) is 24.3 Å². The SMILES string of the molecule is CC1CCN(c2nnc(SCc3nccn3Cc3ccccc3)n2CC2CCCO2)CC1. The molecule has 2 aliphatic heterocycles. The van der Waals surface area contributed by atoms with Gasteiger partial charge in [0, 0.05) is 38.6 Å². The minimum absolute atomic E-state index is 0.257. The maximum absolute atomic E-state index is 5.96. The Hall–Kier alpha value is -2.32.